The Morgan fingerprint density at radius 3 is 2.76 bits per heavy atom. The largest absolute Gasteiger partial charge is 0.485 e. The Labute approximate surface area is 173 Å². The molecule has 0 aliphatic carbocycles. The van der Waals surface area contributed by atoms with Crippen molar-refractivity contribution in [1.82, 2.24) is 14.9 Å². The fourth-order valence-corrected chi connectivity index (χ4v) is 3.64. The van der Waals surface area contributed by atoms with E-state index in [2.05, 4.69) is 36.2 Å². The molecule has 0 spiro atoms. The van der Waals surface area contributed by atoms with E-state index in [1.165, 1.54) is 34.6 Å². The monoisotopic (exact) mass is 411 g/mol. The molecule has 0 aliphatic heterocycles. The van der Waals surface area contributed by atoms with Crippen molar-refractivity contribution in [2.75, 3.05) is 5.84 Å². The quantitative estimate of drug-likeness (QED) is 0.460. The van der Waals surface area contributed by atoms with Gasteiger partial charge in [-0.3, -0.25) is 0 Å². The first-order chi connectivity index (χ1) is 13.9. The van der Waals surface area contributed by atoms with Gasteiger partial charge in [0.25, 0.3) is 0 Å². The second-order valence-corrected chi connectivity index (χ2v) is 7.90. The van der Waals surface area contributed by atoms with Crippen LogP contribution in [-0.4, -0.2) is 14.9 Å². The third-order valence-corrected chi connectivity index (χ3v) is 5.41. The number of hydrogen-bond donors (Lipinski definition) is 1. The van der Waals surface area contributed by atoms with E-state index in [1.807, 2.05) is 19.1 Å². The number of nitrogens with zero attached hydrogens (tertiary/aromatic N) is 4. The van der Waals surface area contributed by atoms with Crippen LogP contribution in [-0.2, 0) is 12.4 Å². The van der Waals surface area contributed by atoms with Gasteiger partial charge in [0.2, 0.25) is 5.16 Å². The molecule has 3 aromatic rings. The van der Waals surface area contributed by atoms with E-state index in [1.54, 1.807) is 0 Å². The van der Waals surface area contributed by atoms with Gasteiger partial charge in [-0.25, -0.2) is 9.07 Å². The number of hydrogen-bond acceptors (Lipinski definition) is 6. The molecule has 2 N–H and O–H groups in total. The lowest BCUT2D eigenvalue weighted by atomic mass is 10.0. The zero-order chi connectivity index (χ0) is 21.0. The van der Waals surface area contributed by atoms with E-state index in [-0.39, 0.29) is 18.2 Å². The van der Waals surface area contributed by atoms with Crippen LogP contribution < -0.4 is 10.6 Å². The summed E-state index contributed by atoms with van der Waals surface area (Å²) in [5.41, 5.74) is 3.04. The van der Waals surface area contributed by atoms with Crippen LogP contribution in [0.25, 0.3) is 0 Å². The fraction of sp³-hybridized carbons (Fsp3) is 0.286. The summed E-state index contributed by atoms with van der Waals surface area (Å²) in [6.45, 7) is 6.40. The number of aryl methyl sites for hydroxylation is 1. The van der Waals surface area contributed by atoms with Crippen molar-refractivity contribution >= 4 is 11.8 Å². The van der Waals surface area contributed by atoms with Crippen molar-refractivity contribution in [3.63, 3.8) is 0 Å². The molecule has 8 heteroatoms. The Morgan fingerprint density at radius 2 is 2.03 bits per heavy atom. The molecule has 0 aliphatic rings. The first kappa shape index (κ1) is 20.7. The lowest BCUT2D eigenvalue weighted by Crippen LogP contribution is -2.16. The predicted molar refractivity (Wildman–Crippen MR) is 110 cm³/mol. The number of benzene rings is 2. The van der Waals surface area contributed by atoms with Gasteiger partial charge in [0.1, 0.15) is 18.2 Å². The Bertz CT molecular complexity index is 1060. The number of ether oxygens (including phenoxy) is 1. The number of nitriles is 1. The first-order valence-corrected chi connectivity index (χ1v) is 10.1. The van der Waals surface area contributed by atoms with Crippen LogP contribution in [0.3, 0.4) is 0 Å². The first-order valence-electron chi connectivity index (χ1n) is 9.13. The number of thioether (sulfide) groups is 1. The van der Waals surface area contributed by atoms with Gasteiger partial charge in [-0.1, -0.05) is 37.7 Å². The second-order valence-electron chi connectivity index (χ2n) is 6.96. The molecule has 2 aromatic carbocycles. The summed E-state index contributed by atoms with van der Waals surface area (Å²) in [6, 6.07) is 12.4. The minimum absolute atomic E-state index is 0.172. The highest BCUT2D eigenvalue weighted by molar-refractivity contribution is 7.98. The summed E-state index contributed by atoms with van der Waals surface area (Å²) < 4.78 is 21.3. The number of aromatic nitrogens is 3. The van der Waals surface area contributed by atoms with E-state index in [4.69, 9.17) is 15.8 Å². The lowest BCUT2D eigenvalue weighted by Gasteiger charge is -2.14. The van der Waals surface area contributed by atoms with Crippen molar-refractivity contribution < 1.29 is 9.13 Å². The summed E-state index contributed by atoms with van der Waals surface area (Å²) >= 11 is 1.25. The summed E-state index contributed by atoms with van der Waals surface area (Å²) in [5.74, 6) is 7.60. The van der Waals surface area contributed by atoms with Gasteiger partial charge >= 0.3 is 0 Å². The van der Waals surface area contributed by atoms with E-state index in [9.17, 15) is 4.39 Å². The molecule has 1 heterocycles. The maximum absolute atomic E-state index is 13.9. The number of rotatable bonds is 7. The van der Waals surface area contributed by atoms with Gasteiger partial charge < -0.3 is 10.6 Å². The molecule has 0 bridgehead atoms. The maximum Gasteiger partial charge on any atom is 0.210 e. The summed E-state index contributed by atoms with van der Waals surface area (Å²) in [6.07, 6.45) is 0. The molecule has 0 radical (unpaired) electrons. The Balaban J connectivity index is 1.69. The second kappa shape index (κ2) is 8.97. The van der Waals surface area contributed by atoms with Crippen molar-refractivity contribution in [2.24, 2.45) is 0 Å². The molecule has 0 saturated carbocycles. The van der Waals surface area contributed by atoms with Gasteiger partial charge in [0.05, 0.1) is 11.6 Å². The van der Waals surface area contributed by atoms with E-state index in [0.29, 0.717) is 28.0 Å². The van der Waals surface area contributed by atoms with Crippen LogP contribution in [0, 0.1) is 24.1 Å². The molecule has 29 heavy (non-hydrogen) atoms. The molecule has 3 rings (SSSR count). The summed E-state index contributed by atoms with van der Waals surface area (Å²) in [5, 5.41) is 17.6. The van der Waals surface area contributed by atoms with Crippen LogP contribution in [0.15, 0.2) is 41.6 Å². The van der Waals surface area contributed by atoms with Gasteiger partial charge in [-0.15, -0.1) is 10.2 Å². The smallest absolute Gasteiger partial charge is 0.210 e. The summed E-state index contributed by atoms with van der Waals surface area (Å²) in [7, 11) is 0. The SMILES string of the molecule is Cc1ccc(C(C)C)c(OCc2nnc(SCc3cc(C#N)ccc3F)n2N)c1. The van der Waals surface area contributed by atoms with Crippen molar-refractivity contribution in [3.05, 3.63) is 70.3 Å². The van der Waals surface area contributed by atoms with Crippen LogP contribution in [0.2, 0.25) is 0 Å². The highest BCUT2D eigenvalue weighted by Crippen LogP contribution is 2.28. The van der Waals surface area contributed by atoms with Crippen LogP contribution in [0.1, 0.15) is 47.8 Å². The van der Waals surface area contributed by atoms with Crippen LogP contribution in [0.4, 0.5) is 4.39 Å². The molecule has 0 fully saturated rings. The molecule has 0 saturated heterocycles. The van der Waals surface area contributed by atoms with Crippen molar-refractivity contribution in [2.45, 2.75) is 44.2 Å². The number of nitrogen functional groups attached to an aromatic ring is 1. The molecular weight excluding hydrogens is 389 g/mol. The van der Waals surface area contributed by atoms with Crippen LogP contribution in [0.5, 0.6) is 5.75 Å². The van der Waals surface area contributed by atoms with Gasteiger partial charge in [0, 0.05) is 5.75 Å². The molecule has 0 unspecified atom stereocenters. The van der Waals surface area contributed by atoms with Crippen molar-refractivity contribution in [3.8, 4) is 11.8 Å². The Kier molecular flexibility index (Phi) is 6.39. The highest BCUT2D eigenvalue weighted by atomic mass is 32.2. The zero-order valence-corrected chi connectivity index (χ0v) is 17.3. The fourth-order valence-electron chi connectivity index (χ4n) is 2.79. The van der Waals surface area contributed by atoms with E-state index in [0.717, 1.165) is 16.9 Å². The summed E-state index contributed by atoms with van der Waals surface area (Å²) in [4.78, 5) is 0. The minimum atomic E-state index is -0.371. The third-order valence-electron chi connectivity index (χ3n) is 4.41. The predicted octanol–water partition coefficient (Wildman–Crippen LogP) is 4.31. The van der Waals surface area contributed by atoms with E-state index < -0.39 is 0 Å². The normalized spacial score (nSPS) is 10.9. The average molecular weight is 412 g/mol. The molecule has 0 atom stereocenters. The number of nitrogens with two attached hydrogens (primary N) is 1. The Hall–Kier alpha value is -3.05. The van der Waals surface area contributed by atoms with Crippen LogP contribution >= 0.6 is 11.8 Å². The molecule has 6 nitrogen and oxygen atoms in total. The minimum Gasteiger partial charge on any atom is -0.485 e. The Morgan fingerprint density at radius 1 is 1.24 bits per heavy atom. The average Bonchev–Trinajstić information content (AvgIpc) is 3.05. The number of halogens is 1. The highest BCUT2D eigenvalue weighted by Gasteiger charge is 2.14. The molecule has 1 aromatic heterocycles. The molecule has 0 amide bonds. The molecular formula is C21H22FN5OS. The topological polar surface area (TPSA) is 89.8 Å². The zero-order valence-electron chi connectivity index (χ0n) is 16.5. The lowest BCUT2D eigenvalue weighted by molar-refractivity contribution is 0.287. The van der Waals surface area contributed by atoms with Crippen molar-refractivity contribution in [1.29, 1.82) is 5.26 Å². The third kappa shape index (κ3) is 4.87. The van der Waals surface area contributed by atoms with Gasteiger partial charge in [-0.05, 0) is 53.8 Å². The maximum atomic E-state index is 13.9. The van der Waals surface area contributed by atoms with Gasteiger partial charge in [0.15, 0.2) is 5.82 Å². The van der Waals surface area contributed by atoms with E-state index >= 15 is 0 Å². The standard InChI is InChI=1S/C21H22FN5OS/c1-13(2)17-6-4-14(3)8-19(17)28-11-20-25-26-21(27(20)24)29-12-16-9-15(10-23)5-7-18(16)22/h4-9,13H,11-12,24H2,1-3H3. The van der Waals surface area contributed by atoms with Gasteiger partial charge in [-0.2, -0.15) is 5.26 Å². The molecule has 150 valence electrons.